The number of carbonyl (C=O) groups is 2. The van der Waals surface area contributed by atoms with Gasteiger partial charge >= 0.3 is 0 Å². The summed E-state index contributed by atoms with van der Waals surface area (Å²) in [6, 6.07) is 6.83. The third-order valence-electron chi connectivity index (χ3n) is 4.85. The SMILES string of the molecule is NC(=O)C1CCN(C(=O)CCCn2nc(-c3ccncc3)ccc2=O)CC1. The summed E-state index contributed by atoms with van der Waals surface area (Å²) in [4.78, 5) is 41.3. The smallest absolute Gasteiger partial charge is 0.266 e. The molecule has 2 amide bonds. The molecule has 1 saturated heterocycles. The third kappa shape index (κ3) is 4.78. The Bertz CT molecular complexity index is 857. The van der Waals surface area contributed by atoms with Crippen molar-refractivity contribution in [2.75, 3.05) is 13.1 Å². The highest BCUT2D eigenvalue weighted by Crippen LogP contribution is 2.18. The number of likely N-dealkylation sites (tertiary alicyclic amines) is 1. The summed E-state index contributed by atoms with van der Waals surface area (Å²) in [6.45, 7) is 1.49. The minimum atomic E-state index is -0.290. The molecule has 2 aromatic rings. The minimum Gasteiger partial charge on any atom is -0.369 e. The highest BCUT2D eigenvalue weighted by atomic mass is 16.2. The molecule has 2 aromatic heterocycles. The standard InChI is InChI=1S/C19H23N5O3/c20-19(27)15-7-12-23(13-8-15)17(25)2-1-11-24-18(26)4-3-16(22-24)14-5-9-21-10-6-14/h3-6,9-10,15H,1-2,7-8,11-13H2,(H2,20,27). The number of carbonyl (C=O) groups excluding carboxylic acids is 2. The van der Waals surface area contributed by atoms with Gasteiger partial charge in [0.15, 0.2) is 0 Å². The number of hydrogen-bond donors (Lipinski definition) is 1. The fourth-order valence-electron chi connectivity index (χ4n) is 3.24. The molecule has 3 rings (SSSR count). The normalized spacial score (nSPS) is 14.9. The Morgan fingerprint density at radius 1 is 1.11 bits per heavy atom. The summed E-state index contributed by atoms with van der Waals surface area (Å²) >= 11 is 0. The van der Waals surface area contributed by atoms with Crippen molar-refractivity contribution in [2.24, 2.45) is 11.7 Å². The molecule has 0 radical (unpaired) electrons. The van der Waals surface area contributed by atoms with Crippen molar-refractivity contribution in [3.8, 4) is 11.3 Å². The van der Waals surface area contributed by atoms with Gasteiger partial charge in [-0.3, -0.25) is 19.4 Å². The van der Waals surface area contributed by atoms with Crippen LogP contribution in [-0.2, 0) is 16.1 Å². The second-order valence-electron chi connectivity index (χ2n) is 6.68. The molecule has 1 aliphatic rings. The number of primary amides is 1. The van der Waals surface area contributed by atoms with Crippen LogP contribution in [0.4, 0.5) is 0 Å². The van der Waals surface area contributed by atoms with Crippen LogP contribution < -0.4 is 11.3 Å². The van der Waals surface area contributed by atoms with Crippen LogP contribution in [-0.4, -0.2) is 44.6 Å². The predicted molar refractivity (Wildman–Crippen MR) is 99.5 cm³/mol. The van der Waals surface area contributed by atoms with Crippen LogP contribution in [0, 0.1) is 5.92 Å². The lowest BCUT2D eigenvalue weighted by Crippen LogP contribution is -2.41. The Morgan fingerprint density at radius 2 is 1.81 bits per heavy atom. The first-order valence-corrected chi connectivity index (χ1v) is 9.10. The molecule has 1 aliphatic heterocycles. The molecule has 27 heavy (non-hydrogen) atoms. The Labute approximate surface area is 157 Å². The number of pyridine rings is 1. The van der Waals surface area contributed by atoms with Crippen LogP contribution in [0.3, 0.4) is 0 Å². The van der Waals surface area contributed by atoms with E-state index >= 15 is 0 Å². The highest BCUT2D eigenvalue weighted by molar-refractivity contribution is 5.78. The summed E-state index contributed by atoms with van der Waals surface area (Å²) in [7, 11) is 0. The zero-order chi connectivity index (χ0) is 19.2. The zero-order valence-electron chi connectivity index (χ0n) is 15.1. The maximum Gasteiger partial charge on any atom is 0.266 e. The molecule has 0 unspecified atom stereocenters. The molecule has 8 nitrogen and oxygen atoms in total. The van der Waals surface area contributed by atoms with E-state index in [1.54, 1.807) is 23.4 Å². The summed E-state index contributed by atoms with van der Waals surface area (Å²) in [6.07, 6.45) is 5.46. The van der Waals surface area contributed by atoms with Crippen molar-refractivity contribution in [1.29, 1.82) is 0 Å². The predicted octanol–water partition coefficient (Wildman–Crippen LogP) is 0.809. The van der Waals surface area contributed by atoms with Gasteiger partial charge in [0, 0.05) is 56.0 Å². The third-order valence-corrected chi connectivity index (χ3v) is 4.85. The van der Waals surface area contributed by atoms with Crippen LogP contribution in [0.25, 0.3) is 11.3 Å². The van der Waals surface area contributed by atoms with Gasteiger partial charge in [0.1, 0.15) is 0 Å². The van der Waals surface area contributed by atoms with E-state index in [1.807, 2.05) is 12.1 Å². The molecule has 142 valence electrons. The number of hydrogen-bond acceptors (Lipinski definition) is 5. The second kappa shape index (κ2) is 8.57. The average molecular weight is 369 g/mol. The fourth-order valence-corrected chi connectivity index (χ4v) is 3.24. The molecular weight excluding hydrogens is 346 g/mol. The van der Waals surface area contributed by atoms with E-state index in [-0.39, 0.29) is 23.3 Å². The van der Waals surface area contributed by atoms with Gasteiger partial charge < -0.3 is 10.6 Å². The van der Waals surface area contributed by atoms with E-state index in [2.05, 4.69) is 10.1 Å². The maximum atomic E-state index is 12.3. The van der Waals surface area contributed by atoms with Crippen molar-refractivity contribution < 1.29 is 9.59 Å². The zero-order valence-corrected chi connectivity index (χ0v) is 15.1. The van der Waals surface area contributed by atoms with Crippen LogP contribution in [0.1, 0.15) is 25.7 Å². The topological polar surface area (TPSA) is 111 Å². The van der Waals surface area contributed by atoms with Crippen LogP contribution in [0.2, 0.25) is 0 Å². The van der Waals surface area contributed by atoms with Crippen LogP contribution in [0.5, 0.6) is 0 Å². The van der Waals surface area contributed by atoms with Gasteiger partial charge in [-0.2, -0.15) is 5.10 Å². The van der Waals surface area contributed by atoms with Crippen LogP contribution >= 0.6 is 0 Å². The highest BCUT2D eigenvalue weighted by Gasteiger charge is 2.25. The number of nitrogens with zero attached hydrogens (tertiary/aromatic N) is 4. The molecule has 0 aliphatic carbocycles. The Kier molecular flexibility index (Phi) is 5.95. The quantitative estimate of drug-likeness (QED) is 0.810. The first-order valence-electron chi connectivity index (χ1n) is 9.10. The molecule has 1 fully saturated rings. The molecule has 0 aromatic carbocycles. The molecule has 2 N–H and O–H groups in total. The van der Waals surface area contributed by atoms with E-state index in [1.165, 1.54) is 10.7 Å². The van der Waals surface area contributed by atoms with Crippen LogP contribution in [0.15, 0.2) is 41.5 Å². The first-order chi connectivity index (χ1) is 13.0. The van der Waals surface area contributed by atoms with Gasteiger partial charge in [0.25, 0.3) is 5.56 Å². The number of aromatic nitrogens is 3. The van der Waals surface area contributed by atoms with Crippen molar-refractivity contribution in [2.45, 2.75) is 32.2 Å². The van der Waals surface area contributed by atoms with Gasteiger partial charge in [-0.1, -0.05) is 0 Å². The van der Waals surface area contributed by atoms with Gasteiger partial charge in [0.05, 0.1) is 5.69 Å². The molecule has 0 bridgehead atoms. The minimum absolute atomic E-state index is 0.0382. The Morgan fingerprint density at radius 3 is 2.48 bits per heavy atom. The van der Waals surface area contributed by atoms with Gasteiger partial charge in [-0.05, 0) is 37.5 Å². The first kappa shape index (κ1) is 18.8. The number of piperidine rings is 1. The number of amides is 2. The lowest BCUT2D eigenvalue weighted by molar-refractivity contribution is -0.135. The summed E-state index contributed by atoms with van der Waals surface area (Å²) in [5, 5.41) is 4.38. The molecule has 0 spiro atoms. The number of aryl methyl sites for hydroxylation is 1. The van der Waals surface area contributed by atoms with E-state index in [0.717, 1.165) is 5.56 Å². The lowest BCUT2D eigenvalue weighted by atomic mass is 9.96. The largest absolute Gasteiger partial charge is 0.369 e. The van der Waals surface area contributed by atoms with Gasteiger partial charge in [0.2, 0.25) is 11.8 Å². The molecule has 0 atom stereocenters. The molecule has 8 heteroatoms. The molecular formula is C19H23N5O3. The molecule has 0 saturated carbocycles. The van der Waals surface area contributed by atoms with Crippen molar-refractivity contribution in [3.63, 3.8) is 0 Å². The Balaban J connectivity index is 1.54. The number of rotatable bonds is 6. The van der Waals surface area contributed by atoms with E-state index in [0.29, 0.717) is 51.0 Å². The number of nitrogens with two attached hydrogens (primary N) is 1. The van der Waals surface area contributed by atoms with E-state index in [4.69, 9.17) is 5.73 Å². The van der Waals surface area contributed by atoms with Gasteiger partial charge in [-0.15, -0.1) is 0 Å². The molecule has 3 heterocycles. The van der Waals surface area contributed by atoms with Gasteiger partial charge in [-0.25, -0.2) is 4.68 Å². The lowest BCUT2D eigenvalue weighted by Gasteiger charge is -2.30. The maximum absolute atomic E-state index is 12.3. The summed E-state index contributed by atoms with van der Waals surface area (Å²) in [5.41, 5.74) is 6.70. The fraction of sp³-hybridized carbons (Fsp3) is 0.421. The summed E-state index contributed by atoms with van der Waals surface area (Å²) in [5.74, 6) is -0.384. The second-order valence-corrected chi connectivity index (χ2v) is 6.68. The van der Waals surface area contributed by atoms with Crippen molar-refractivity contribution >= 4 is 11.8 Å². The van der Waals surface area contributed by atoms with Crippen molar-refractivity contribution in [1.82, 2.24) is 19.7 Å². The average Bonchev–Trinajstić information content (AvgIpc) is 2.70. The van der Waals surface area contributed by atoms with E-state index in [9.17, 15) is 14.4 Å². The summed E-state index contributed by atoms with van der Waals surface area (Å²) < 4.78 is 1.39. The van der Waals surface area contributed by atoms with E-state index < -0.39 is 0 Å². The monoisotopic (exact) mass is 369 g/mol. The Hall–Kier alpha value is -3.03. The van der Waals surface area contributed by atoms with Crippen molar-refractivity contribution in [3.05, 3.63) is 47.0 Å².